The molecule has 0 unspecified atom stereocenters. The first-order valence-corrected chi connectivity index (χ1v) is 12.6. The minimum atomic E-state index is -0.120. The van der Waals surface area contributed by atoms with Crippen molar-refractivity contribution in [3.63, 3.8) is 0 Å². The molecule has 1 N–H and O–H groups in total. The first-order chi connectivity index (χ1) is 17.1. The van der Waals surface area contributed by atoms with Gasteiger partial charge in [-0.15, -0.1) is 11.3 Å². The van der Waals surface area contributed by atoms with Crippen molar-refractivity contribution in [2.24, 2.45) is 0 Å². The van der Waals surface area contributed by atoms with E-state index in [1.807, 2.05) is 31.2 Å². The largest absolute Gasteiger partial charge is 0.383 e. The van der Waals surface area contributed by atoms with E-state index in [0.29, 0.717) is 19.7 Å². The zero-order valence-corrected chi connectivity index (χ0v) is 20.7. The summed E-state index contributed by atoms with van der Waals surface area (Å²) in [5, 5.41) is 7.59. The summed E-state index contributed by atoms with van der Waals surface area (Å²) in [6, 6.07) is 22.5. The molecule has 0 saturated heterocycles. The third kappa shape index (κ3) is 5.06. The number of hydrogen-bond acceptors (Lipinski definition) is 4. The Kier molecular flexibility index (Phi) is 6.79. The fourth-order valence-electron chi connectivity index (χ4n) is 4.17. The fourth-order valence-corrected chi connectivity index (χ4v) is 5.08. The molecule has 3 aromatic carbocycles. The number of urea groups is 1. The van der Waals surface area contributed by atoms with Gasteiger partial charge in [0.15, 0.2) is 4.96 Å². The number of amides is 2. The van der Waals surface area contributed by atoms with Gasteiger partial charge >= 0.3 is 6.03 Å². The Balaban J connectivity index is 1.33. The van der Waals surface area contributed by atoms with E-state index in [9.17, 15) is 4.79 Å². The van der Waals surface area contributed by atoms with Gasteiger partial charge in [-0.25, -0.2) is 9.78 Å². The zero-order chi connectivity index (χ0) is 24.2. The highest BCUT2D eigenvalue weighted by Gasteiger charge is 2.16. The van der Waals surface area contributed by atoms with E-state index >= 15 is 0 Å². The SMILES string of the molecule is COCCN(CCc1csc2nc(-c3ccc4ccccc4c3)cn12)C(=O)Nc1ccccc1C. The molecule has 5 aromatic rings. The topological polar surface area (TPSA) is 58.9 Å². The van der Waals surface area contributed by atoms with Gasteiger partial charge in [0.05, 0.1) is 12.3 Å². The number of nitrogens with one attached hydrogen (secondary N) is 1. The molecule has 0 aliphatic rings. The Morgan fingerprint density at radius 2 is 1.86 bits per heavy atom. The summed E-state index contributed by atoms with van der Waals surface area (Å²) in [5.41, 5.74) is 5.05. The van der Waals surface area contributed by atoms with Crippen molar-refractivity contribution in [3.8, 4) is 11.3 Å². The summed E-state index contributed by atoms with van der Waals surface area (Å²) in [6.45, 7) is 3.57. The van der Waals surface area contributed by atoms with Crippen molar-refractivity contribution in [3.05, 3.63) is 89.6 Å². The molecule has 2 heterocycles. The number of carbonyl (C=O) groups is 1. The highest BCUT2D eigenvalue weighted by molar-refractivity contribution is 7.15. The molecule has 0 aliphatic carbocycles. The summed E-state index contributed by atoms with van der Waals surface area (Å²) in [5.74, 6) is 0. The van der Waals surface area contributed by atoms with Crippen LogP contribution in [0.4, 0.5) is 10.5 Å². The average molecular weight is 485 g/mol. The quantitative estimate of drug-likeness (QED) is 0.283. The summed E-state index contributed by atoms with van der Waals surface area (Å²) in [7, 11) is 1.65. The smallest absolute Gasteiger partial charge is 0.321 e. The van der Waals surface area contributed by atoms with Crippen LogP contribution in [0.1, 0.15) is 11.3 Å². The van der Waals surface area contributed by atoms with Crippen LogP contribution in [0.2, 0.25) is 0 Å². The number of fused-ring (bicyclic) bond motifs is 2. The van der Waals surface area contributed by atoms with Crippen LogP contribution in [0.25, 0.3) is 27.0 Å². The maximum Gasteiger partial charge on any atom is 0.321 e. The van der Waals surface area contributed by atoms with E-state index in [1.54, 1.807) is 23.3 Å². The molecule has 0 saturated carbocycles. The third-order valence-corrected chi connectivity index (χ3v) is 7.09. The zero-order valence-electron chi connectivity index (χ0n) is 19.9. The number of hydrogen-bond donors (Lipinski definition) is 1. The first kappa shape index (κ1) is 23.1. The van der Waals surface area contributed by atoms with Crippen LogP contribution in [-0.4, -0.2) is 47.1 Å². The number of methoxy groups -OCH3 is 1. The summed E-state index contributed by atoms with van der Waals surface area (Å²) in [6.07, 6.45) is 2.82. The lowest BCUT2D eigenvalue weighted by Crippen LogP contribution is -2.39. The number of para-hydroxylation sites is 1. The van der Waals surface area contributed by atoms with E-state index in [1.165, 1.54) is 10.8 Å². The highest BCUT2D eigenvalue weighted by atomic mass is 32.1. The van der Waals surface area contributed by atoms with Crippen molar-refractivity contribution in [1.82, 2.24) is 14.3 Å². The van der Waals surface area contributed by atoms with Gasteiger partial charge in [0.1, 0.15) is 0 Å². The lowest BCUT2D eigenvalue weighted by molar-refractivity contribution is 0.155. The predicted octanol–water partition coefficient (Wildman–Crippen LogP) is 6.25. The van der Waals surface area contributed by atoms with E-state index in [4.69, 9.17) is 9.72 Å². The van der Waals surface area contributed by atoms with Gasteiger partial charge in [-0.1, -0.05) is 54.6 Å². The second kappa shape index (κ2) is 10.3. The first-order valence-electron chi connectivity index (χ1n) is 11.7. The maximum atomic E-state index is 13.0. The van der Waals surface area contributed by atoms with Crippen LogP contribution in [0.15, 0.2) is 78.3 Å². The number of nitrogens with zero attached hydrogens (tertiary/aromatic N) is 3. The van der Waals surface area contributed by atoms with Gasteiger partial charge in [0.2, 0.25) is 0 Å². The molecule has 0 atom stereocenters. The van der Waals surface area contributed by atoms with Crippen LogP contribution >= 0.6 is 11.3 Å². The van der Waals surface area contributed by atoms with Crippen molar-refractivity contribution < 1.29 is 9.53 Å². The number of carbonyl (C=O) groups excluding carboxylic acids is 1. The van der Waals surface area contributed by atoms with E-state index in [2.05, 4.69) is 63.8 Å². The number of anilines is 1. The van der Waals surface area contributed by atoms with Crippen LogP contribution in [0.3, 0.4) is 0 Å². The monoisotopic (exact) mass is 484 g/mol. The number of imidazole rings is 1. The van der Waals surface area contributed by atoms with Gasteiger partial charge in [-0.2, -0.15) is 0 Å². The molecule has 0 aliphatic heterocycles. The summed E-state index contributed by atoms with van der Waals surface area (Å²) >= 11 is 1.62. The normalized spacial score (nSPS) is 11.3. The highest BCUT2D eigenvalue weighted by Crippen LogP contribution is 2.27. The molecule has 7 heteroatoms. The number of thiazole rings is 1. The van der Waals surface area contributed by atoms with E-state index < -0.39 is 0 Å². The van der Waals surface area contributed by atoms with Crippen LogP contribution in [-0.2, 0) is 11.2 Å². The third-order valence-electron chi connectivity index (χ3n) is 6.21. The van der Waals surface area contributed by atoms with Crippen LogP contribution in [0.5, 0.6) is 0 Å². The molecule has 35 heavy (non-hydrogen) atoms. The maximum absolute atomic E-state index is 13.0. The van der Waals surface area contributed by atoms with Gasteiger partial charge in [-0.05, 0) is 35.4 Å². The van der Waals surface area contributed by atoms with Gasteiger partial charge in [-0.3, -0.25) is 4.40 Å². The van der Waals surface area contributed by atoms with E-state index in [-0.39, 0.29) is 6.03 Å². The Morgan fingerprint density at radius 3 is 2.69 bits per heavy atom. The van der Waals surface area contributed by atoms with Crippen molar-refractivity contribution in [2.45, 2.75) is 13.3 Å². The fraction of sp³-hybridized carbons (Fsp3) is 0.214. The molecule has 2 amide bonds. The average Bonchev–Trinajstić information content (AvgIpc) is 3.47. The Bertz CT molecular complexity index is 1470. The molecule has 178 valence electrons. The molecule has 0 bridgehead atoms. The Morgan fingerprint density at radius 1 is 1.06 bits per heavy atom. The standard InChI is InChI=1S/C28H28N4O2S/c1-20-7-3-6-10-25(20)29-27(33)31(15-16-34-2)14-13-24-19-35-28-30-26(18-32(24)28)23-12-11-21-8-4-5-9-22(21)17-23/h3-12,17-19H,13-16H2,1-2H3,(H,29,33). The number of aryl methyl sites for hydroxylation is 1. The van der Waals surface area contributed by atoms with Crippen molar-refractivity contribution in [2.75, 3.05) is 32.1 Å². The molecule has 0 fully saturated rings. The summed E-state index contributed by atoms with van der Waals surface area (Å²) in [4.78, 5) is 20.6. The van der Waals surface area contributed by atoms with E-state index in [0.717, 1.165) is 39.6 Å². The van der Waals surface area contributed by atoms with Crippen LogP contribution < -0.4 is 5.32 Å². The molecular weight excluding hydrogens is 456 g/mol. The van der Waals surface area contributed by atoms with Gasteiger partial charge < -0.3 is 15.0 Å². The number of ether oxygens (including phenoxy) is 1. The molecule has 5 rings (SSSR count). The molecular formula is C28H28N4O2S. The predicted molar refractivity (Wildman–Crippen MR) is 143 cm³/mol. The Labute approximate surface area is 208 Å². The second-order valence-electron chi connectivity index (χ2n) is 8.54. The van der Waals surface area contributed by atoms with Gasteiger partial charge in [0.25, 0.3) is 0 Å². The lowest BCUT2D eigenvalue weighted by Gasteiger charge is -2.23. The number of rotatable bonds is 8. The minimum absolute atomic E-state index is 0.120. The number of aromatic nitrogens is 2. The van der Waals surface area contributed by atoms with Crippen LogP contribution in [0, 0.1) is 6.92 Å². The second-order valence-corrected chi connectivity index (χ2v) is 9.38. The molecule has 0 radical (unpaired) electrons. The van der Waals surface area contributed by atoms with Gasteiger partial charge in [0, 0.05) is 55.1 Å². The molecule has 0 spiro atoms. The lowest BCUT2D eigenvalue weighted by atomic mass is 10.1. The molecule has 6 nitrogen and oxygen atoms in total. The minimum Gasteiger partial charge on any atom is -0.383 e. The Hall–Kier alpha value is -3.68. The van der Waals surface area contributed by atoms with Crippen molar-refractivity contribution >= 4 is 38.8 Å². The number of benzene rings is 3. The van der Waals surface area contributed by atoms with Crippen molar-refractivity contribution in [1.29, 1.82) is 0 Å². The molecule has 2 aromatic heterocycles. The summed E-state index contributed by atoms with van der Waals surface area (Å²) < 4.78 is 7.39.